The average molecular weight is 268 g/mol. The lowest BCUT2D eigenvalue weighted by Gasteiger charge is -2.25. The summed E-state index contributed by atoms with van der Waals surface area (Å²) in [6, 6.07) is 4.43. The van der Waals surface area contributed by atoms with Crippen LogP contribution in [0.4, 0.5) is 0 Å². The molecule has 0 aliphatic carbocycles. The minimum Gasteiger partial charge on any atom is -0.343 e. The summed E-state index contributed by atoms with van der Waals surface area (Å²) in [5.74, 6) is 0.648. The van der Waals surface area contributed by atoms with Gasteiger partial charge in [0.15, 0.2) is 0 Å². The molecule has 0 aromatic carbocycles. The van der Waals surface area contributed by atoms with Crippen molar-refractivity contribution in [1.82, 2.24) is 4.90 Å². The van der Waals surface area contributed by atoms with Gasteiger partial charge in [-0.2, -0.15) is 0 Å². The monoisotopic (exact) mass is 268 g/mol. The average Bonchev–Trinajstić information content (AvgIpc) is 2.87. The van der Waals surface area contributed by atoms with E-state index in [1.54, 1.807) is 11.3 Å². The minimum atomic E-state index is 0.222. The van der Waals surface area contributed by atoms with Gasteiger partial charge in [0, 0.05) is 30.8 Å². The lowest BCUT2D eigenvalue weighted by atomic mass is 10.0. The molecule has 1 aromatic rings. The van der Waals surface area contributed by atoms with E-state index in [0.29, 0.717) is 18.9 Å². The SMILES string of the molecule is CC(CN)CCC(=O)N(C)C(C)Cc1cccs1. The highest BCUT2D eigenvalue weighted by Gasteiger charge is 2.16. The number of carbonyl (C=O) groups excluding carboxylic acids is 1. The number of amides is 1. The van der Waals surface area contributed by atoms with Crippen LogP contribution < -0.4 is 5.73 Å². The number of nitrogens with two attached hydrogens (primary N) is 1. The predicted octanol–water partition coefficient (Wildman–Crippen LogP) is 2.51. The molecular weight excluding hydrogens is 244 g/mol. The van der Waals surface area contributed by atoms with Gasteiger partial charge in [0.05, 0.1) is 0 Å². The Balaban J connectivity index is 2.38. The molecule has 2 atom stereocenters. The maximum absolute atomic E-state index is 12.0. The van der Waals surface area contributed by atoms with E-state index in [1.807, 2.05) is 11.9 Å². The van der Waals surface area contributed by atoms with Gasteiger partial charge in [-0.25, -0.2) is 0 Å². The van der Waals surface area contributed by atoms with Crippen LogP contribution in [-0.4, -0.2) is 30.4 Å². The van der Waals surface area contributed by atoms with Crippen molar-refractivity contribution < 1.29 is 4.79 Å². The number of carbonyl (C=O) groups is 1. The molecule has 0 saturated carbocycles. The topological polar surface area (TPSA) is 46.3 Å². The van der Waals surface area contributed by atoms with Crippen LogP contribution in [0, 0.1) is 5.92 Å². The zero-order chi connectivity index (χ0) is 13.5. The lowest BCUT2D eigenvalue weighted by Crippen LogP contribution is -2.36. The fourth-order valence-corrected chi connectivity index (χ4v) is 2.59. The second kappa shape index (κ2) is 7.54. The van der Waals surface area contributed by atoms with Gasteiger partial charge >= 0.3 is 0 Å². The van der Waals surface area contributed by atoms with Crippen molar-refractivity contribution in [2.45, 2.75) is 39.2 Å². The number of thiophene rings is 1. The molecule has 1 amide bonds. The quantitative estimate of drug-likeness (QED) is 0.826. The van der Waals surface area contributed by atoms with Crippen molar-refractivity contribution in [3.05, 3.63) is 22.4 Å². The summed E-state index contributed by atoms with van der Waals surface area (Å²) in [6.07, 6.45) is 2.42. The first kappa shape index (κ1) is 15.2. The molecule has 2 N–H and O–H groups in total. The molecule has 1 rings (SSSR count). The van der Waals surface area contributed by atoms with Crippen molar-refractivity contribution in [3.63, 3.8) is 0 Å². The number of hydrogen-bond donors (Lipinski definition) is 1. The van der Waals surface area contributed by atoms with Crippen LogP contribution in [0.3, 0.4) is 0 Å². The van der Waals surface area contributed by atoms with Crippen LogP contribution in [0.15, 0.2) is 17.5 Å². The van der Waals surface area contributed by atoms with Crippen LogP contribution in [0.25, 0.3) is 0 Å². The Morgan fingerprint density at radius 2 is 2.22 bits per heavy atom. The van der Waals surface area contributed by atoms with Crippen LogP contribution in [0.5, 0.6) is 0 Å². The van der Waals surface area contributed by atoms with Crippen LogP contribution >= 0.6 is 11.3 Å². The molecule has 0 saturated heterocycles. The summed E-state index contributed by atoms with van der Waals surface area (Å²) in [4.78, 5) is 15.2. The van der Waals surface area contributed by atoms with E-state index >= 15 is 0 Å². The van der Waals surface area contributed by atoms with Crippen LogP contribution in [-0.2, 0) is 11.2 Å². The van der Waals surface area contributed by atoms with E-state index in [-0.39, 0.29) is 11.9 Å². The van der Waals surface area contributed by atoms with Crippen molar-refractivity contribution in [2.24, 2.45) is 11.7 Å². The normalized spacial score (nSPS) is 14.2. The molecule has 1 heterocycles. The van der Waals surface area contributed by atoms with E-state index < -0.39 is 0 Å². The van der Waals surface area contributed by atoms with Gasteiger partial charge < -0.3 is 10.6 Å². The van der Waals surface area contributed by atoms with Gasteiger partial charge in [-0.15, -0.1) is 11.3 Å². The summed E-state index contributed by atoms with van der Waals surface area (Å²) in [5, 5.41) is 2.08. The first-order chi connectivity index (χ1) is 8.54. The second-order valence-electron chi connectivity index (χ2n) is 5.02. The molecule has 0 aliphatic rings. The Kier molecular flexibility index (Phi) is 6.36. The van der Waals surface area contributed by atoms with Crippen molar-refractivity contribution in [1.29, 1.82) is 0 Å². The third-order valence-corrected chi connectivity index (χ3v) is 4.28. The first-order valence-electron chi connectivity index (χ1n) is 6.52. The standard InChI is InChI=1S/C14H24N2OS/c1-11(10-15)6-7-14(17)16(3)12(2)9-13-5-4-8-18-13/h4-5,8,11-12H,6-7,9-10,15H2,1-3H3. The third kappa shape index (κ3) is 4.78. The first-order valence-corrected chi connectivity index (χ1v) is 7.40. The highest BCUT2D eigenvalue weighted by atomic mass is 32.1. The summed E-state index contributed by atoms with van der Waals surface area (Å²) in [6.45, 7) is 4.84. The van der Waals surface area contributed by atoms with Gasteiger partial charge in [0.1, 0.15) is 0 Å². The Morgan fingerprint density at radius 3 is 2.78 bits per heavy atom. The van der Waals surface area contributed by atoms with Crippen molar-refractivity contribution >= 4 is 17.2 Å². The molecule has 0 radical (unpaired) electrons. The largest absolute Gasteiger partial charge is 0.343 e. The fourth-order valence-electron chi connectivity index (χ4n) is 1.77. The number of likely N-dealkylation sites (N-methyl/N-ethyl adjacent to an activating group) is 1. The Hall–Kier alpha value is -0.870. The van der Waals surface area contributed by atoms with E-state index in [9.17, 15) is 4.79 Å². The summed E-state index contributed by atoms with van der Waals surface area (Å²) in [5.41, 5.74) is 5.56. The highest BCUT2D eigenvalue weighted by molar-refractivity contribution is 7.09. The van der Waals surface area contributed by atoms with Crippen molar-refractivity contribution in [3.8, 4) is 0 Å². The Morgan fingerprint density at radius 1 is 1.50 bits per heavy atom. The summed E-state index contributed by atoms with van der Waals surface area (Å²) >= 11 is 1.75. The van der Waals surface area contributed by atoms with Gasteiger partial charge in [0.2, 0.25) is 5.91 Å². The number of rotatable bonds is 7. The minimum absolute atomic E-state index is 0.222. The molecule has 2 unspecified atom stereocenters. The van der Waals surface area contributed by atoms with Gasteiger partial charge in [-0.1, -0.05) is 13.0 Å². The maximum Gasteiger partial charge on any atom is 0.222 e. The number of hydrogen-bond acceptors (Lipinski definition) is 3. The van der Waals surface area contributed by atoms with Gasteiger partial charge in [0.25, 0.3) is 0 Å². The molecule has 1 aromatic heterocycles. The fraction of sp³-hybridized carbons (Fsp3) is 0.643. The van der Waals surface area contributed by atoms with E-state index in [1.165, 1.54) is 4.88 Å². The molecule has 102 valence electrons. The van der Waals surface area contributed by atoms with Crippen LogP contribution in [0.1, 0.15) is 31.6 Å². The third-order valence-electron chi connectivity index (χ3n) is 3.38. The molecule has 0 spiro atoms. The molecule has 0 fully saturated rings. The zero-order valence-electron chi connectivity index (χ0n) is 11.6. The van der Waals surface area contributed by atoms with Gasteiger partial charge in [-0.05, 0) is 37.3 Å². The Labute approximate surface area is 114 Å². The van der Waals surface area contributed by atoms with E-state index in [0.717, 1.165) is 12.8 Å². The maximum atomic E-state index is 12.0. The van der Waals surface area contributed by atoms with E-state index in [2.05, 4.69) is 31.4 Å². The van der Waals surface area contributed by atoms with Crippen molar-refractivity contribution in [2.75, 3.05) is 13.6 Å². The predicted molar refractivity (Wildman–Crippen MR) is 77.7 cm³/mol. The molecule has 18 heavy (non-hydrogen) atoms. The zero-order valence-corrected chi connectivity index (χ0v) is 12.4. The molecule has 4 heteroatoms. The summed E-state index contributed by atoms with van der Waals surface area (Å²) < 4.78 is 0. The van der Waals surface area contributed by atoms with Crippen LogP contribution in [0.2, 0.25) is 0 Å². The lowest BCUT2D eigenvalue weighted by molar-refractivity contribution is -0.131. The molecule has 0 aliphatic heterocycles. The summed E-state index contributed by atoms with van der Waals surface area (Å²) in [7, 11) is 1.90. The number of nitrogens with zero attached hydrogens (tertiary/aromatic N) is 1. The molecule has 3 nitrogen and oxygen atoms in total. The Bertz CT molecular complexity index is 351. The highest BCUT2D eigenvalue weighted by Crippen LogP contribution is 2.15. The second-order valence-corrected chi connectivity index (χ2v) is 6.05. The van der Waals surface area contributed by atoms with Gasteiger partial charge in [-0.3, -0.25) is 4.79 Å². The van der Waals surface area contributed by atoms with E-state index in [4.69, 9.17) is 5.73 Å². The molecular formula is C14H24N2OS. The smallest absolute Gasteiger partial charge is 0.222 e. The molecule has 0 bridgehead atoms.